The molecule has 0 aromatic rings. The smallest absolute Gasteiger partial charge is 0.156 e. The highest BCUT2D eigenvalue weighted by atomic mass is 16.1. The third kappa shape index (κ3) is 5.37. The summed E-state index contributed by atoms with van der Waals surface area (Å²) in [7, 11) is 5.86. The number of hydrogen-bond acceptors (Lipinski definition) is 1. The molecule has 0 atom stereocenters. The molecule has 0 aliphatic carbocycles. The first-order valence-electron chi connectivity index (χ1n) is 2.41. The van der Waals surface area contributed by atoms with Crippen LogP contribution in [0.25, 0.3) is 0 Å². The van der Waals surface area contributed by atoms with Gasteiger partial charge in [0, 0.05) is 0 Å². The normalized spacial score (nSPS) is 12.4. The number of quaternary nitrogens is 1. The molecule has 0 aliphatic heterocycles. The molecule has 2 heteroatoms. The van der Waals surface area contributed by atoms with Crippen molar-refractivity contribution in [3.63, 3.8) is 0 Å². The van der Waals surface area contributed by atoms with Crippen molar-refractivity contribution < 1.29 is 9.28 Å². The van der Waals surface area contributed by atoms with Gasteiger partial charge in [0.1, 0.15) is 6.20 Å². The highest BCUT2D eigenvalue weighted by Gasteiger charge is 1.97. The van der Waals surface area contributed by atoms with E-state index in [1.807, 2.05) is 21.1 Å². The van der Waals surface area contributed by atoms with Gasteiger partial charge in [-0.1, -0.05) is 0 Å². The van der Waals surface area contributed by atoms with E-state index in [0.29, 0.717) is 10.8 Å². The number of rotatable bonds is 2. The third-order valence-electron chi connectivity index (χ3n) is 0.530. The molecule has 0 amide bonds. The first-order valence-corrected chi connectivity index (χ1v) is 2.41. The average Bonchev–Trinajstić information content (AvgIpc) is 1.59. The molecule has 0 unspecified atom stereocenters. The summed E-state index contributed by atoms with van der Waals surface area (Å²) in [4.78, 5) is 9.70. The Bertz CT molecular complexity index is 99.6. The lowest BCUT2D eigenvalue weighted by Gasteiger charge is -2.15. The first-order chi connectivity index (χ1) is 3.56. The molecule has 0 saturated heterocycles. The van der Waals surface area contributed by atoms with Crippen LogP contribution in [-0.4, -0.2) is 31.9 Å². The maximum absolute atomic E-state index is 9.70. The summed E-state index contributed by atoms with van der Waals surface area (Å²) in [6.07, 6.45) is 4.80. The molecule has 2 nitrogen and oxygen atoms in total. The van der Waals surface area contributed by atoms with Crippen LogP contribution in [0.1, 0.15) is 0 Å². The molecule has 0 aliphatic rings. The zero-order chi connectivity index (χ0) is 6.62. The molecule has 0 bridgehead atoms. The molecular formula is C6H11NO+. The van der Waals surface area contributed by atoms with Crippen LogP contribution in [0.2, 0.25) is 0 Å². The fourth-order valence-corrected chi connectivity index (χ4v) is 0.254. The maximum atomic E-state index is 9.70. The number of aldehydes is 1. The topological polar surface area (TPSA) is 17.1 Å². The van der Waals surface area contributed by atoms with Gasteiger partial charge in [-0.2, -0.15) is 0 Å². The highest BCUT2D eigenvalue weighted by molar-refractivity contribution is 5.58. The molecule has 0 aromatic heterocycles. The van der Waals surface area contributed by atoms with Gasteiger partial charge in [-0.05, 0) is 0 Å². The number of nitrogens with zero attached hydrogens (tertiary/aromatic N) is 1. The lowest BCUT2D eigenvalue weighted by atomic mass is 10.6. The summed E-state index contributed by atoms with van der Waals surface area (Å²) in [5.74, 6) is 0. The molecule has 1 radical (unpaired) electrons. The molecule has 0 N–H and O–H groups in total. The van der Waals surface area contributed by atoms with Crippen molar-refractivity contribution in [2.24, 2.45) is 0 Å². The Labute approximate surface area is 50.0 Å². The minimum atomic E-state index is 0.638. The Hall–Kier alpha value is -0.630. The molecule has 8 heavy (non-hydrogen) atoms. The molecule has 0 aromatic carbocycles. The summed E-state index contributed by atoms with van der Waals surface area (Å²) < 4.78 is 0.638. The highest BCUT2D eigenvalue weighted by Crippen LogP contribution is 1.87. The Kier molecular flexibility index (Phi) is 2.42. The van der Waals surface area contributed by atoms with Crippen LogP contribution in [0, 0.1) is 6.08 Å². The van der Waals surface area contributed by atoms with Crippen LogP contribution in [0.15, 0.2) is 6.20 Å². The predicted molar refractivity (Wildman–Crippen MR) is 31.9 cm³/mol. The third-order valence-corrected chi connectivity index (χ3v) is 0.530. The average molecular weight is 113 g/mol. The summed E-state index contributed by atoms with van der Waals surface area (Å²) in [6.45, 7) is 0. The van der Waals surface area contributed by atoms with Crippen molar-refractivity contribution in [1.82, 2.24) is 0 Å². The van der Waals surface area contributed by atoms with Gasteiger partial charge in [0.15, 0.2) is 6.29 Å². The predicted octanol–water partition coefficient (Wildman–Crippen LogP) is 0.208. The fourth-order valence-electron chi connectivity index (χ4n) is 0.254. The standard InChI is InChI=1S/C6H11NO/c1-7(2,3)5-4-6-8/h5-6H,1-3H3/q+1. The quantitative estimate of drug-likeness (QED) is 0.284. The summed E-state index contributed by atoms with van der Waals surface area (Å²) in [5, 5.41) is 0. The second kappa shape index (κ2) is 2.62. The van der Waals surface area contributed by atoms with Crippen molar-refractivity contribution in [2.45, 2.75) is 0 Å². The van der Waals surface area contributed by atoms with Gasteiger partial charge in [0.25, 0.3) is 0 Å². The van der Waals surface area contributed by atoms with E-state index in [4.69, 9.17) is 0 Å². The summed E-state index contributed by atoms with van der Waals surface area (Å²) in [6, 6.07) is 0. The summed E-state index contributed by atoms with van der Waals surface area (Å²) >= 11 is 0. The molecule has 0 spiro atoms. The van der Waals surface area contributed by atoms with Crippen LogP contribution >= 0.6 is 0 Å². The number of carbonyl (C=O) groups is 1. The minimum absolute atomic E-state index is 0.638. The lowest BCUT2D eigenvalue weighted by molar-refractivity contribution is -0.817. The van der Waals surface area contributed by atoms with Crippen molar-refractivity contribution >= 4 is 6.29 Å². The molecule has 0 saturated carbocycles. The number of hydrogen-bond donors (Lipinski definition) is 0. The molecule has 0 fully saturated rings. The monoisotopic (exact) mass is 113 g/mol. The van der Waals surface area contributed by atoms with Crippen LogP contribution in [-0.2, 0) is 4.79 Å². The Morgan fingerprint density at radius 3 is 2.00 bits per heavy atom. The van der Waals surface area contributed by atoms with Gasteiger partial charge in [-0.25, -0.2) is 0 Å². The molecule has 45 valence electrons. The van der Waals surface area contributed by atoms with Gasteiger partial charge in [0.2, 0.25) is 0 Å². The van der Waals surface area contributed by atoms with Gasteiger partial charge < -0.3 is 4.48 Å². The van der Waals surface area contributed by atoms with E-state index < -0.39 is 0 Å². The second-order valence-electron chi connectivity index (χ2n) is 2.53. The second-order valence-corrected chi connectivity index (χ2v) is 2.53. The van der Waals surface area contributed by atoms with Crippen molar-refractivity contribution in [2.75, 3.05) is 21.1 Å². The number of carbonyl (C=O) groups excluding carboxylic acids is 1. The largest absolute Gasteiger partial charge is 0.304 e. The number of allylic oxidation sites excluding steroid dienone is 1. The Morgan fingerprint density at radius 1 is 1.38 bits per heavy atom. The van der Waals surface area contributed by atoms with E-state index in [2.05, 4.69) is 6.08 Å². The zero-order valence-electron chi connectivity index (χ0n) is 5.51. The van der Waals surface area contributed by atoms with Crippen LogP contribution < -0.4 is 0 Å². The van der Waals surface area contributed by atoms with Gasteiger partial charge in [0.05, 0.1) is 27.2 Å². The van der Waals surface area contributed by atoms with Crippen molar-refractivity contribution in [3.05, 3.63) is 12.3 Å². The SMILES string of the molecule is C[N+](C)(C)C=[C]C=O. The minimum Gasteiger partial charge on any atom is -0.304 e. The van der Waals surface area contributed by atoms with E-state index >= 15 is 0 Å². The molecule has 0 rings (SSSR count). The molecule has 0 heterocycles. The Balaban J connectivity index is 3.69. The van der Waals surface area contributed by atoms with Gasteiger partial charge >= 0.3 is 0 Å². The first kappa shape index (κ1) is 7.37. The van der Waals surface area contributed by atoms with Crippen molar-refractivity contribution in [1.29, 1.82) is 0 Å². The van der Waals surface area contributed by atoms with Crippen LogP contribution in [0.3, 0.4) is 0 Å². The molecular weight excluding hydrogens is 102 g/mol. The van der Waals surface area contributed by atoms with E-state index in [1.165, 1.54) is 0 Å². The van der Waals surface area contributed by atoms with Gasteiger partial charge in [-0.3, -0.25) is 4.79 Å². The van der Waals surface area contributed by atoms with E-state index in [-0.39, 0.29) is 0 Å². The summed E-state index contributed by atoms with van der Waals surface area (Å²) in [5.41, 5.74) is 0. The van der Waals surface area contributed by atoms with Crippen molar-refractivity contribution in [3.8, 4) is 0 Å². The van der Waals surface area contributed by atoms with E-state index in [0.717, 1.165) is 0 Å². The van der Waals surface area contributed by atoms with E-state index in [9.17, 15) is 4.79 Å². The Morgan fingerprint density at radius 2 is 1.88 bits per heavy atom. The van der Waals surface area contributed by atoms with Crippen LogP contribution in [0.4, 0.5) is 0 Å². The van der Waals surface area contributed by atoms with E-state index in [1.54, 1.807) is 6.20 Å². The lowest BCUT2D eigenvalue weighted by Crippen LogP contribution is -2.26. The maximum Gasteiger partial charge on any atom is 0.156 e. The van der Waals surface area contributed by atoms with Crippen LogP contribution in [0.5, 0.6) is 0 Å². The fraction of sp³-hybridized carbons (Fsp3) is 0.500. The zero-order valence-corrected chi connectivity index (χ0v) is 5.51. The van der Waals surface area contributed by atoms with Gasteiger partial charge in [-0.15, -0.1) is 0 Å².